The minimum absolute atomic E-state index is 0. The maximum Gasteiger partial charge on any atom is 0.0785 e. The zero-order chi connectivity index (χ0) is 50.0. The Morgan fingerprint density at radius 2 is 0.511 bits per heavy atom. The first kappa shape index (κ1) is 111. The van der Waals surface area contributed by atoms with Crippen LogP contribution in [0.2, 0.25) is 0 Å². The Balaban J connectivity index is -0.000000107. The van der Waals surface area contributed by atoms with Gasteiger partial charge >= 0.3 is 0 Å². The molecule has 1 aliphatic rings. The molecule has 0 atom stereocenters. The van der Waals surface area contributed by atoms with Crippen molar-refractivity contribution in [2.24, 2.45) is 5.92 Å². The van der Waals surface area contributed by atoms with Crippen molar-refractivity contribution in [3.8, 4) is 0 Å². The molecule has 11 aromatic carbocycles. The van der Waals surface area contributed by atoms with E-state index in [1.165, 1.54) is 114 Å². The van der Waals surface area contributed by atoms with E-state index in [0.717, 1.165) is 25.2 Å². The van der Waals surface area contributed by atoms with Gasteiger partial charge in [-0.05, 0) is 48.3 Å². The van der Waals surface area contributed by atoms with Gasteiger partial charge in [-0.2, -0.15) is 218 Å². The van der Waals surface area contributed by atoms with Crippen LogP contribution in [0.4, 0.5) is 8.78 Å². The third-order valence-electron chi connectivity index (χ3n) is 12.7. The van der Waals surface area contributed by atoms with Gasteiger partial charge in [-0.1, -0.05) is 66.9 Å². The molecule has 0 N–H and O–H groups in total. The van der Waals surface area contributed by atoms with Crippen LogP contribution in [0.3, 0.4) is 0 Å². The molecule has 0 aliphatic heterocycles. The van der Waals surface area contributed by atoms with Gasteiger partial charge in [0.15, 0.2) is 0 Å². The molecule has 0 heterocycles. The molecule has 12 rings (SSSR count). The van der Waals surface area contributed by atoms with E-state index >= 15 is 0 Å². The Labute approximate surface area is 737 Å². The first-order chi connectivity index (χ1) is 35.7. The van der Waals surface area contributed by atoms with Crippen LogP contribution < -0.4 is 0 Å². The summed E-state index contributed by atoms with van der Waals surface area (Å²) in [7, 11) is 1.00. The van der Waals surface area contributed by atoms with Gasteiger partial charge < -0.3 is 65.8 Å². The summed E-state index contributed by atoms with van der Waals surface area (Å²) >= 11 is 0. The summed E-state index contributed by atoms with van der Waals surface area (Å²) in [6.07, 6.45) is 12.0. The molecule has 1 fully saturated rings. The molecule has 450 valence electrons. The van der Waals surface area contributed by atoms with E-state index in [0.29, 0.717) is 14.4 Å². The topological polar surface area (TPSA) is 0 Å². The van der Waals surface area contributed by atoms with Crippen molar-refractivity contribution >= 4 is 43.1 Å². The molecule has 0 amide bonds. The standard InChI is InChI=1S/C17H18.3C17H12.2CH3F.8CH3.8Y/c4*1-2-6-14(7-3-1)12-15-10-11-16-8-4-5-9-17(16)13-15;2*1-2;;;;;;;;;;;;;;;;/h1,5,8-11,13-14H,2-3,6-7,12H2;3*2-3,5-11,13H,12H2;2*1H3;8*1H3;;;;;;;;/q4*-2;;;8*-1;;;;;;;;. The number of halogens is 2. The minimum Gasteiger partial charge on any atom is -0.358 e. The van der Waals surface area contributed by atoms with Crippen LogP contribution in [0.15, 0.2) is 218 Å². The molecular weight excluding hydrogens is 1690 g/mol. The maximum atomic E-state index is 9.50. The van der Waals surface area contributed by atoms with Crippen LogP contribution in [-0.2, 0) is 287 Å². The summed E-state index contributed by atoms with van der Waals surface area (Å²) in [4.78, 5) is 0. The molecule has 10 heteroatoms. The van der Waals surface area contributed by atoms with Crippen molar-refractivity contribution in [3.63, 3.8) is 0 Å². The first-order valence-electron chi connectivity index (χ1n) is 24.6. The molecule has 0 saturated heterocycles. The van der Waals surface area contributed by atoms with Gasteiger partial charge in [-0.3, -0.25) is 8.78 Å². The zero-order valence-corrected chi connectivity index (χ0v) is 76.7. The Morgan fingerprint density at radius 1 is 0.284 bits per heavy atom. The molecule has 11 aromatic rings. The van der Waals surface area contributed by atoms with E-state index in [4.69, 9.17) is 0 Å². The van der Waals surface area contributed by atoms with Crippen LogP contribution in [0.1, 0.15) is 64.6 Å². The minimum atomic E-state index is 0. The monoisotopic (exact) mass is 1770 g/mol. The number of hydrogen-bond acceptors (Lipinski definition) is 0. The van der Waals surface area contributed by atoms with E-state index < -0.39 is 0 Å². The maximum absolute atomic E-state index is 9.50. The van der Waals surface area contributed by atoms with Crippen LogP contribution in [0, 0.1) is 114 Å². The fourth-order valence-electron chi connectivity index (χ4n) is 9.02. The van der Waals surface area contributed by atoms with Crippen molar-refractivity contribution in [2.75, 3.05) is 14.4 Å². The van der Waals surface area contributed by atoms with Crippen LogP contribution in [0.25, 0.3) is 43.1 Å². The van der Waals surface area contributed by atoms with E-state index in [-0.39, 0.29) is 321 Å². The van der Waals surface area contributed by atoms with Crippen LogP contribution in [0.5, 0.6) is 0 Å². The SMILES string of the molecule is CF.CF.[CH3-].[CH3-].[CH3-].[CH3-].[CH3-].[CH3-].[CH3-].[CH3-].[Y].[Y].[Y].[Y].[Y].[Y].[Y].[Y].[c-]1ccc(Cc2ccc3c[c-]ccc3c2)cc1.[c-]1ccc(Cc2ccc3c[c-]ccc3c2)cc1.[c-]1ccc(Cc2ccc3c[c-]ccc3c2)cc1.[c-]1ccc2cc(CC3CC[CH-]CC3)ccc2c1. The molecule has 1 saturated carbocycles. The van der Waals surface area contributed by atoms with Gasteiger partial charge in [-0.25, -0.2) is 0 Å². The van der Waals surface area contributed by atoms with Crippen molar-refractivity contribution in [1.29, 1.82) is 0 Å². The number of fused-ring (bicyclic) bond motifs is 4. The molecule has 0 bridgehead atoms. The summed E-state index contributed by atoms with van der Waals surface area (Å²) in [5.74, 6) is 0.896. The second-order valence-electron chi connectivity index (χ2n) is 17.7. The molecular formula is C78H84F2Y8-16. The third kappa shape index (κ3) is 38.8. The van der Waals surface area contributed by atoms with Crippen LogP contribution in [-0.4, -0.2) is 14.4 Å². The second-order valence-corrected chi connectivity index (χ2v) is 17.7. The second kappa shape index (κ2) is 65.4. The van der Waals surface area contributed by atoms with Crippen LogP contribution >= 0.6 is 0 Å². The molecule has 0 spiro atoms. The number of alkyl halides is 2. The van der Waals surface area contributed by atoms with Crippen molar-refractivity contribution < 1.29 is 270 Å². The Bertz CT molecular complexity index is 3030. The average Bonchev–Trinajstić information content (AvgIpc) is 3.54. The zero-order valence-electron chi connectivity index (χ0n) is 54.0. The van der Waals surface area contributed by atoms with Crippen molar-refractivity contribution in [1.82, 2.24) is 0 Å². The fourth-order valence-corrected chi connectivity index (χ4v) is 9.02. The Morgan fingerprint density at radius 3 is 0.773 bits per heavy atom. The summed E-state index contributed by atoms with van der Waals surface area (Å²) in [5.41, 5.74) is 9.50. The predicted octanol–water partition coefficient (Wildman–Crippen LogP) is 21.4. The Hall–Kier alpha value is 1.15. The Kier molecular flexibility index (Phi) is 82.2. The molecule has 8 radical (unpaired) electrons. The smallest absolute Gasteiger partial charge is 0.0785 e. The fraction of sp³-hybridized carbons (Fsp3) is 0.141. The molecule has 0 nitrogen and oxygen atoms in total. The van der Waals surface area contributed by atoms with Crippen molar-refractivity contribution in [2.45, 2.75) is 51.4 Å². The molecule has 88 heavy (non-hydrogen) atoms. The van der Waals surface area contributed by atoms with Crippen molar-refractivity contribution in [3.05, 3.63) is 366 Å². The first-order valence-corrected chi connectivity index (χ1v) is 24.6. The third-order valence-corrected chi connectivity index (χ3v) is 12.7. The largest absolute Gasteiger partial charge is 0.358 e. The quantitative estimate of drug-likeness (QED) is 0.133. The van der Waals surface area contributed by atoms with E-state index in [1.54, 1.807) is 0 Å². The van der Waals surface area contributed by atoms with E-state index in [9.17, 15) is 8.78 Å². The van der Waals surface area contributed by atoms with E-state index in [1.807, 2.05) is 78.9 Å². The number of rotatable bonds is 8. The summed E-state index contributed by atoms with van der Waals surface area (Å²) in [6.45, 7) is 0. The van der Waals surface area contributed by atoms with Gasteiger partial charge in [0.2, 0.25) is 0 Å². The molecule has 0 aromatic heterocycles. The molecule has 1 aliphatic carbocycles. The average molecular weight is 1770 g/mol. The number of hydrogen-bond donors (Lipinski definition) is 0. The van der Waals surface area contributed by atoms with Gasteiger partial charge in [0.1, 0.15) is 0 Å². The summed E-state index contributed by atoms with van der Waals surface area (Å²) in [6, 6.07) is 97.2. The predicted molar refractivity (Wildman–Crippen MR) is 351 cm³/mol. The van der Waals surface area contributed by atoms with Gasteiger partial charge in [0.25, 0.3) is 0 Å². The normalized spacial score (nSPS) is 9.64. The van der Waals surface area contributed by atoms with Gasteiger partial charge in [0.05, 0.1) is 14.4 Å². The molecule has 0 unspecified atom stereocenters. The van der Waals surface area contributed by atoms with Gasteiger partial charge in [0, 0.05) is 262 Å². The van der Waals surface area contributed by atoms with Gasteiger partial charge in [-0.15, -0.1) is 67.4 Å². The van der Waals surface area contributed by atoms with E-state index in [2.05, 4.69) is 188 Å². The number of benzene rings is 11. The summed E-state index contributed by atoms with van der Waals surface area (Å²) in [5, 5.41) is 10.2. The summed E-state index contributed by atoms with van der Waals surface area (Å²) < 4.78 is 19.0.